The third kappa shape index (κ3) is 5.92. The van der Waals surface area contributed by atoms with E-state index < -0.39 is 29.7 Å². The summed E-state index contributed by atoms with van der Waals surface area (Å²) in [5.41, 5.74) is 5.66. The van der Waals surface area contributed by atoms with E-state index in [4.69, 9.17) is 13.9 Å². The molecule has 1 fully saturated rings. The molecule has 12 heteroatoms. The van der Waals surface area contributed by atoms with E-state index in [-0.39, 0.29) is 25.6 Å². The first kappa shape index (κ1) is 26.5. The van der Waals surface area contributed by atoms with E-state index in [2.05, 4.69) is 10.7 Å². The number of ether oxygens (including phenoxy) is 2. The van der Waals surface area contributed by atoms with Gasteiger partial charge in [0.2, 0.25) is 5.89 Å². The number of aromatic nitrogens is 1. The zero-order valence-electron chi connectivity index (χ0n) is 19.3. The van der Waals surface area contributed by atoms with Crippen molar-refractivity contribution in [1.82, 2.24) is 10.3 Å². The maximum atomic E-state index is 13.8. The molecular weight excluding hydrogens is 474 g/mol. The van der Waals surface area contributed by atoms with Crippen LogP contribution in [0.1, 0.15) is 37.1 Å². The summed E-state index contributed by atoms with van der Waals surface area (Å²) >= 11 is 0. The molecule has 0 saturated heterocycles. The Bertz CT molecular complexity index is 1060. The molecule has 1 aromatic carbocycles. The van der Waals surface area contributed by atoms with Crippen LogP contribution in [0.2, 0.25) is 0 Å². The Hall–Kier alpha value is -3.15. The number of benzene rings is 1. The number of nitrogens with zero attached hydrogens (tertiary/aromatic N) is 1. The minimum absolute atomic E-state index is 0.0932. The van der Waals surface area contributed by atoms with Crippen LogP contribution in [-0.4, -0.2) is 48.4 Å². The highest BCUT2D eigenvalue weighted by atomic mass is 19.3. The monoisotopic (exact) mass is 501 g/mol. The molecule has 3 N–H and O–H groups in total. The molecule has 1 saturated carbocycles. The third-order valence-corrected chi connectivity index (χ3v) is 5.91. The van der Waals surface area contributed by atoms with Crippen molar-refractivity contribution in [3.05, 3.63) is 35.7 Å². The normalized spacial score (nSPS) is 18.8. The number of hydrogen-bond acceptors (Lipinski definition) is 6. The number of halogens is 4. The van der Waals surface area contributed by atoms with Gasteiger partial charge in [-0.25, -0.2) is 4.98 Å². The summed E-state index contributed by atoms with van der Waals surface area (Å²) in [5.74, 6) is -13.8. The lowest BCUT2D eigenvalue weighted by molar-refractivity contribution is -0.209. The van der Waals surface area contributed by atoms with Crippen molar-refractivity contribution < 1.29 is 41.0 Å². The number of rotatable bonds is 10. The molecule has 0 spiro atoms. The van der Waals surface area contributed by atoms with Crippen LogP contribution in [-0.2, 0) is 20.9 Å². The Balaban J connectivity index is 1.53. The summed E-state index contributed by atoms with van der Waals surface area (Å²) in [6.45, 7) is 2.15. The number of amides is 2. The van der Waals surface area contributed by atoms with Gasteiger partial charge in [-0.15, -0.1) is 0 Å². The molecule has 0 bridgehead atoms. The number of carbonyl (C=O) groups excluding carboxylic acids is 2. The van der Waals surface area contributed by atoms with Gasteiger partial charge in [-0.2, -0.15) is 17.6 Å². The molecule has 1 aromatic heterocycles. The van der Waals surface area contributed by atoms with Crippen LogP contribution >= 0.6 is 0 Å². The number of hydrogen-bond donors (Lipinski definition) is 2. The van der Waals surface area contributed by atoms with E-state index in [1.54, 1.807) is 26.2 Å². The van der Waals surface area contributed by atoms with Gasteiger partial charge < -0.3 is 24.9 Å². The Labute approximate surface area is 199 Å². The topological polar surface area (TPSA) is 117 Å². The molecule has 2 aromatic rings. The lowest BCUT2D eigenvalue weighted by atomic mass is 9.86. The van der Waals surface area contributed by atoms with Crippen LogP contribution in [0.25, 0.3) is 11.5 Å². The van der Waals surface area contributed by atoms with Gasteiger partial charge in [-0.3, -0.25) is 9.59 Å². The maximum absolute atomic E-state index is 13.8. The maximum Gasteiger partial charge on any atom is 0.395 e. The van der Waals surface area contributed by atoms with Crippen molar-refractivity contribution in [2.75, 3.05) is 13.7 Å². The lowest BCUT2D eigenvalue weighted by Gasteiger charge is -2.31. The Morgan fingerprint density at radius 3 is 2.66 bits per heavy atom. The highest BCUT2D eigenvalue weighted by Crippen LogP contribution is 2.35. The first-order chi connectivity index (χ1) is 16.5. The smallest absolute Gasteiger partial charge is 0.395 e. The molecule has 2 atom stereocenters. The van der Waals surface area contributed by atoms with Crippen LogP contribution in [0.15, 0.2) is 28.7 Å². The highest BCUT2D eigenvalue weighted by Gasteiger charge is 2.66. The van der Waals surface area contributed by atoms with Crippen molar-refractivity contribution in [2.24, 2.45) is 11.7 Å². The summed E-state index contributed by atoms with van der Waals surface area (Å²) in [5, 5.41) is 1.93. The van der Waals surface area contributed by atoms with E-state index in [0.717, 1.165) is 5.56 Å². The molecular formula is C23H27F4N3O5. The first-order valence-corrected chi connectivity index (χ1v) is 11.0. The van der Waals surface area contributed by atoms with Crippen molar-refractivity contribution in [1.29, 1.82) is 0 Å². The number of nitrogens with two attached hydrogens (primary N) is 1. The van der Waals surface area contributed by atoms with Crippen LogP contribution in [0.4, 0.5) is 17.6 Å². The number of nitrogens with one attached hydrogen (secondary N) is 1. The highest BCUT2D eigenvalue weighted by molar-refractivity contribution is 5.94. The van der Waals surface area contributed by atoms with Gasteiger partial charge in [-0.1, -0.05) is 12.5 Å². The zero-order valence-corrected chi connectivity index (χ0v) is 19.3. The Morgan fingerprint density at radius 1 is 1.23 bits per heavy atom. The SMILES string of the molecule is COc1cccc(-c2nc(COCC3CCCC(NC(=O)C(F)(F)C(F)(F)C(N)=O)C3)c(C)o2)c1. The standard InChI is InChI=1S/C23H27F4N3O5/c1-13-18(30-19(35-13)15-6-4-8-17(10-15)33-2)12-34-11-14-5-3-7-16(9-14)29-21(32)23(26,27)22(24,25)20(28)31/h4,6,8,10,14,16H,3,5,7,9,11-12H2,1-2H3,(H2,28,31)(H,29,32). The van der Waals surface area contributed by atoms with E-state index in [1.807, 2.05) is 17.4 Å². The molecule has 1 heterocycles. The van der Waals surface area contributed by atoms with E-state index in [1.165, 1.54) is 0 Å². The fourth-order valence-corrected chi connectivity index (χ4v) is 3.91. The molecule has 192 valence electrons. The molecule has 1 aliphatic rings. The van der Waals surface area contributed by atoms with E-state index in [9.17, 15) is 27.2 Å². The van der Waals surface area contributed by atoms with Crippen LogP contribution in [0.5, 0.6) is 5.75 Å². The van der Waals surface area contributed by atoms with Gasteiger partial charge in [0, 0.05) is 18.2 Å². The Morgan fingerprint density at radius 2 is 1.97 bits per heavy atom. The van der Waals surface area contributed by atoms with Crippen molar-refractivity contribution in [3.8, 4) is 17.2 Å². The molecule has 2 amide bonds. The second-order valence-corrected chi connectivity index (χ2v) is 8.49. The Kier molecular flexibility index (Phi) is 8.04. The van der Waals surface area contributed by atoms with Crippen LogP contribution in [0, 0.1) is 12.8 Å². The summed E-state index contributed by atoms with van der Waals surface area (Å²) in [6, 6.07) is 6.47. The number of methoxy groups -OCH3 is 1. The van der Waals surface area contributed by atoms with Gasteiger partial charge in [0.1, 0.15) is 17.2 Å². The second kappa shape index (κ2) is 10.6. The van der Waals surface area contributed by atoms with Gasteiger partial charge in [-0.05, 0) is 50.3 Å². The van der Waals surface area contributed by atoms with Crippen molar-refractivity contribution in [3.63, 3.8) is 0 Å². The molecule has 35 heavy (non-hydrogen) atoms. The minimum Gasteiger partial charge on any atom is -0.497 e. The zero-order chi connectivity index (χ0) is 25.8. The first-order valence-electron chi connectivity index (χ1n) is 11.0. The van der Waals surface area contributed by atoms with Crippen molar-refractivity contribution >= 4 is 11.8 Å². The number of aryl methyl sites for hydroxylation is 1. The molecule has 2 unspecified atom stereocenters. The van der Waals surface area contributed by atoms with Crippen LogP contribution < -0.4 is 15.8 Å². The fourth-order valence-electron chi connectivity index (χ4n) is 3.91. The quantitative estimate of drug-likeness (QED) is 0.481. The average Bonchev–Trinajstić information content (AvgIpc) is 3.19. The van der Waals surface area contributed by atoms with Gasteiger partial charge in [0.05, 0.1) is 13.7 Å². The van der Waals surface area contributed by atoms with E-state index in [0.29, 0.717) is 42.4 Å². The molecule has 0 radical (unpaired) electrons. The number of alkyl halides is 4. The lowest BCUT2D eigenvalue weighted by Crippen LogP contribution is -2.60. The minimum atomic E-state index is -5.28. The predicted octanol–water partition coefficient (Wildman–Crippen LogP) is 3.61. The predicted molar refractivity (Wildman–Crippen MR) is 116 cm³/mol. The van der Waals surface area contributed by atoms with Gasteiger partial charge in [0.15, 0.2) is 0 Å². The third-order valence-electron chi connectivity index (χ3n) is 5.91. The van der Waals surface area contributed by atoms with Gasteiger partial charge in [0.25, 0.3) is 11.8 Å². The van der Waals surface area contributed by atoms with E-state index >= 15 is 0 Å². The number of oxazole rings is 1. The number of carbonyl (C=O) groups is 2. The fraction of sp³-hybridized carbons (Fsp3) is 0.522. The molecule has 1 aliphatic carbocycles. The second-order valence-electron chi connectivity index (χ2n) is 8.49. The molecule has 0 aliphatic heterocycles. The summed E-state index contributed by atoms with van der Waals surface area (Å²) < 4.78 is 71.0. The number of primary amides is 1. The van der Waals surface area contributed by atoms with Gasteiger partial charge >= 0.3 is 11.8 Å². The summed E-state index contributed by atoms with van der Waals surface area (Å²) in [7, 11) is 1.56. The summed E-state index contributed by atoms with van der Waals surface area (Å²) in [4.78, 5) is 26.9. The molecule has 3 rings (SSSR count). The van der Waals surface area contributed by atoms with Crippen molar-refractivity contribution in [2.45, 2.75) is 57.1 Å². The summed E-state index contributed by atoms with van der Waals surface area (Å²) in [6.07, 6.45) is 1.90. The van der Waals surface area contributed by atoms with Crippen LogP contribution in [0.3, 0.4) is 0 Å². The average molecular weight is 501 g/mol. The molecule has 8 nitrogen and oxygen atoms in total. The largest absolute Gasteiger partial charge is 0.497 e.